The van der Waals surface area contributed by atoms with Gasteiger partial charge in [0.15, 0.2) is 0 Å². The molecule has 0 radical (unpaired) electrons. The van der Waals surface area contributed by atoms with Crippen LogP contribution in [0.25, 0.3) is 11.5 Å². The number of carbonyl (C=O) groups excluding carboxylic acids is 2. The number of benzene rings is 1. The Morgan fingerprint density at radius 2 is 1.93 bits per heavy atom. The molecule has 0 saturated heterocycles. The van der Waals surface area contributed by atoms with Gasteiger partial charge in [0.1, 0.15) is 5.82 Å². The number of ketones is 1. The van der Waals surface area contributed by atoms with Crippen LogP contribution in [-0.2, 0) is 4.79 Å². The molecule has 0 aliphatic carbocycles. The van der Waals surface area contributed by atoms with Crippen LogP contribution in [0.5, 0.6) is 0 Å². The van der Waals surface area contributed by atoms with Crippen molar-refractivity contribution >= 4 is 11.7 Å². The number of nitrogens with one attached hydrogen (secondary N) is 1. The number of rotatable bonds is 8. The van der Waals surface area contributed by atoms with Crippen LogP contribution in [-0.4, -0.2) is 39.8 Å². The number of hydrogen-bond donors (Lipinski definition) is 2. The van der Waals surface area contributed by atoms with Gasteiger partial charge in [0, 0.05) is 12.0 Å². The van der Waals surface area contributed by atoms with E-state index in [0.717, 1.165) is 0 Å². The van der Waals surface area contributed by atoms with Crippen LogP contribution < -0.4 is 11.1 Å². The monoisotopic (exact) mass is 384 g/mol. The van der Waals surface area contributed by atoms with Gasteiger partial charge in [-0.3, -0.25) is 9.59 Å². The summed E-state index contributed by atoms with van der Waals surface area (Å²) >= 11 is 0. The minimum atomic E-state index is -3.11. The van der Waals surface area contributed by atoms with Crippen LogP contribution in [0.15, 0.2) is 28.8 Å². The first-order valence-electron chi connectivity index (χ1n) is 8.18. The molecule has 1 unspecified atom stereocenters. The lowest BCUT2D eigenvalue weighted by atomic mass is 10.1. The van der Waals surface area contributed by atoms with Crippen molar-refractivity contribution in [2.24, 2.45) is 5.73 Å². The summed E-state index contributed by atoms with van der Waals surface area (Å²) in [6, 6.07) is 2.68. The summed E-state index contributed by atoms with van der Waals surface area (Å²) in [5.74, 6) is -5.38. The summed E-state index contributed by atoms with van der Waals surface area (Å²) in [6.07, 6.45) is -0.680. The minimum Gasteiger partial charge on any atom is -0.344 e. The highest BCUT2D eigenvalue weighted by atomic mass is 19.3. The van der Waals surface area contributed by atoms with Crippen molar-refractivity contribution in [3.05, 3.63) is 35.9 Å². The first-order chi connectivity index (χ1) is 12.6. The highest BCUT2D eigenvalue weighted by Gasteiger charge is 2.31. The molecule has 3 N–H and O–H groups in total. The quantitative estimate of drug-likeness (QED) is 0.676. The molecule has 7 nitrogen and oxygen atoms in total. The Morgan fingerprint density at radius 3 is 2.48 bits per heavy atom. The summed E-state index contributed by atoms with van der Waals surface area (Å²) in [7, 11) is 0. The summed E-state index contributed by atoms with van der Waals surface area (Å²) < 4.78 is 43.9. The van der Waals surface area contributed by atoms with Crippen molar-refractivity contribution < 1.29 is 27.3 Å². The Kier molecular flexibility index (Phi) is 6.32. The maximum atomic E-state index is 13.0. The SMILES string of the molecule is CCC(NC(=O)[C@@H](N)CC(C)(F)F)C(=O)c1noc(-c2ccc(F)cc2)n1. The molecule has 146 valence electrons. The molecule has 1 aromatic carbocycles. The van der Waals surface area contributed by atoms with Crippen molar-refractivity contribution in [2.45, 2.75) is 44.7 Å². The Bertz CT molecular complexity index is 803. The number of halogens is 3. The summed E-state index contributed by atoms with van der Waals surface area (Å²) in [4.78, 5) is 28.4. The molecule has 0 spiro atoms. The predicted molar refractivity (Wildman–Crippen MR) is 89.5 cm³/mol. The van der Waals surface area contributed by atoms with E-state index in [0.29, 0.717) is 12.5 Å². The summed E-state index contributed by atoms with van der Waals surface area (Å²) in [6.45, 7) is 2.27. The van der Waals surface area contributed by atoms with Crippen molar-refractivity contribution in [1.29, 1.82) is 0 Å². The van der Waals surface area contributed by atoms with Gasteiger partial charge in [0.05, 0.1) is 12.1 Å². The number of Topliss-reactive ketones (excluding diaryl/α,β-unsaturated/α-hetero) is 1. The third-order valence-electron chi connectivity index (χ3n) is 3.69. The molecule has 1 aromatic heterocycles. The average molecular weight is 384 g/mol. The third-order valence-corrected chi connectivity index (χ3v) is 3.69. The lowest BCUT2D eigenvalue weighted by Crippen LogP contribution is -2.49. The Hall–Kier alpha value is -2.75. The van der Waals surface area contributed by atoms with Gasteiger partial charge in [0.25, 0.3) is 5.89 Å². The largest absolute Gasteiger partial charge is 0.344 e. The fraction of sp³-hybridized carbons (Fsp3) is 0.412. The van der Waals surface area contributed by atoms with Gasteiger partial charge < -0.3 is 15.6 Å². The lowest BCUT2D eigenvalue weighted by Gasteiger charge is -2.19. The van der Waals surface area contributed by atoms with Gasteiger partial charge in [0.2, 0.25) is 23.4 Å². The maximum absolute atomic E-state index is 13.0. The number of nitrogens with zero attached hydrogens (tertiary/aromatic N) is 2. The highest BCUT2D eigenvalue weighted by Crippen LogP contribution is 2.19. The molecule has 0 saturated carbocycles. The predicted octanol–water partition coefficient (Wildman–Crippen LogP) is 2.33. The number of carbonyl (C=O) groups is 2. The number of hydrogen-bond acceptors (Lipinski definition) is 6. The second kappa shape index (κ2) is 8.30. The average Bonchev–Trinajstić information content (AvgIpc) is 3.08. The van der Waals surface area contributed by atoms with Crippen molar-refractivity contribution in [1.82, 2.24) is 15.5 Å². The molecule has 0 aliphatic heterocycles. The topological polar surface area (TPSA) is 111 Å². The van der Waals surface area contributed by atoms with Crippen LogP contribution >= 0.6 is 0 Å². The Balaban J connectivity index is 2.08. The van der Waals surface area contributed by atoms with Crippen LogP contribution in [0.3, 0.4) is 0 Å². The molecular formula is C17H19F3N4O3. The van der Waals surface area contributed by atoms with Gasteiger partial charge in [-0.2, -0.15) is 4.98 Å². The normalized spacial score (nSPS) is 13.9. The molecule has 10 heteroatoms. The zero-order valence-corrected chi connectivity index (χ0v) is 14.7. The second-order valence-electron chi connectivity index (χ2n) is 6.14. The molecule has 1 amide bonds. The van der Waals surface area contributed by atoms with Crippen molar-refractivity contribution in [2.75, 3.05) is 0 Å². The van der Waals surface area contributed by atoms with E-state index in [9.17, 15) is 22.8 Å². The number of nitrogens with two attached hydrogens (primary N) is 1. The lowest BCUT2D eigenvalue weighted by molar-refractivity contribution is -0.125. The van der Waals surface area contributed by atoms with E-state index < -0.39 is 41.9 Å². The van der Waals surface area contributed by atoms with Crippen LogP contribution in [0, 0.1) is 5.82 Å². The Labute approximate surface area is 153 Å². The van der Waals surface area contributed by atoms with E-state index in [2.05, 4.69) is 15.5 Å². The molecule has 1 heterocycles. The van der Waals surface area contributed by atoms with E-state index in [4.69, 9.17) is 10.3 Å². The van der Waals surface area contributed by atoms with E-state index in [1.165, 1.54) is 24.3 Å². The van der Waals surface area contributed by atoms with Gasteiger partial charge in [-0.1, -0.05) is 12.1 Å². The van der Waals surface area contributed by atoms with Crippen LogP contribution in [0.1, 0.15) is 37.3 Å². The van der Waals surface area contributed by atoms with E-state index in [-0.39, 0.29) is 18.1 Å². The zero-order valence-electron chi connectivity index (χ0n) is 14.7. The summed E-state index contributed by atoms with van der Waals surface area (Å²) in [5, 5.41) is 5.89. The van der Waals surface area contributed by atoms with Crippen molar-refractivity contribution in [3.63, 3.8) is 0 Å². The van der Waals surface area contributed by atoms with E-state index in [1.54, 1.807) is 6.92 Å². The van der Waals surface area contributed by atoms with E-state index in [1.807, 2.05) is 0 Å². The molecular weight excluding hydrogens is 365 g/mol. The second-order valence-corrected chi connectivity index (χ2v) is 6.14. The first-order valence-corrected chi connectivity index (χ1v) is 8.18. The zero-order chi connectivity index (χ0) is 20.2. The van der Waals surface area contributed by atoms with Gasteiger partial charge in [-0.05, 0) is 37.6 Å². The number of amides is 1. The number of aromatic nitrogens is 2. The third kappa shape index (κ3) is 5.61. The summed E-state index contributed by atoms with van der Waals surface area (Å²) in [5.41, 5.74) is 5.86. The maximum Gasteiger partial charge on any atom is 0.258 e. The van der Waals surface area contributed by atoms with Crippen molar-refractivity contribution in [3.8, 4) is 11.5 Å². The molecule has 0 bridgehead atoms. The van der Waals surface area contributed by atoms with E-state index >= 15 is 0 Å². The molecule has 0 aliphatic rings. The fourth-order valence-electron chi connectivity index (χ4n) is 2.30. The number of alkyl halides is 2. The molecule has 2 aromatic rings. The molecule has 2 rings (SSSR count). The molecule has 0 fully saturated rings. The standard InChI is InChI=1S/C17H19F3N4O3/c1-3-12(22-15(26)11(21)8-17(2,19)20)13(25)14-23-16(27-24-14)9-4-6-10(18)7-5-9/h4-7,11-12H,3,8,21H2,1-2H3,(H,22,26)/t11-,12?/m0/s1. The molecule has 27 heavy (non-hydrogen) atoms. The fourth-order valence-corrected chi connectivity index (χ4v) is 2.30. The van der Waals surface area contributed by atoms with Gasteiger partial charge >= 0.3 is 0 Å². The van der Waals surface area contributed by atoms with Crippen LogP contribution in [0.4, 0.5) is 13.2 Å². The minimum absolute atomic E-state index is 0.00172. The van der Waals surface area contributed by atoms with Gasteiger partial charge in [-0.25, -0.2) is 13.2 Å². The molecule has 2 atom stereocenters. The first kappa shape index (κ1) is 20.6. The Morgan fingerprint density at radius 1 is 1.30 bits per heavy atom. The smallest absolute Gasteiger partial charge is 0.258 e. The highest BCUT2D eigenvalue weighted by molar-refractivity contribution is 5.99. The van der Waals surface area contributed by atoms with Crippen LogP contribution in [0.2, 0.25) is 0 Å². The van der Waals surface area contributed by atoms with Gasteiger partial charge in [-0.15, -0.1) is 0 Å².